The van der Waals surface area contributed by atoms with Crippen LogP contribution in [0.5, 0.6) is 11.5 Å². The number of rotatable bonds is 9. The average molecular weight is 573 g/mol. The number of esters is 1. The van der Waals surface area contributed by atoms with Crippen LogP contribution < -0.4 is 14.4 Å². The van der Waals surface area contributed by atoms with Crippen LogP contribution in [0, 0.1) is 6.92 Å². The van der Waals surface area contributed by atoms with Gasteiger partial charge in [-0.3, -0.25) is 14.5 Å². The van der Waals surface area contributed by atoms with Gasteiger partial charge in [0.25, 0.3) is 5.78 Å². The summed E-state index contributed by atoms with van der Waals surface area (Å²) in [6.07, 6.45) is 3.69. The molecule has 2 aliphatic heterocycles. The first-order valence-corrected chi connectivity index (χ1v) is 13.7. The van der Waals surface area contributed by atoms with Gasteiger partial charge in [0.15, 0.2) is 5.13 Å². The molecule has 1 amide bonds. The van der Waals surface area contributed by atoms with E-state index in [-0.39, 0.29) is 40.7 Å². The van der Waals surface area contributed by atoms with E-state index in [1.54, 1.807) is 55.5 Å². The molecule has 0 aliphatic carbocycles. The zero-order chi connectivity index (χ0) is 29.3. The highest BCUT2D eigenvalue weighted by Crippen LogP contribution is 2.45. The van der Waals surface area contributed by atoms with E-state index in [2.05, 4.69) is 18.1 Å². The Morgan fingerprint density at radius 1 is 1.20 bits per heavy atom. The Morgan fingerprint density at radius 2 is 1.98 bits per heavy atom. The second-order valence-corrected chi connectivity index (χ2v) is 10.6. The Kier molecular flexibility index (Phi) is 7.76. The number of aryl methyl sites for hydroxylation is 1. The molecule has 0 spiro atoms. The number of ketones is 1. The predicted octanol–water partition coefficient (Wildman–Crippen LogP) is 5.31. The third kappa shape index (κ3) is 5.26. The van der Waals surface area contributed by atoms with Gasteiger partial charge in [-0.2, -0.15) is 0 Å². The number of hydrogen-bond donors (Lipinski definition) is 1. The molecular weight excluding hydrogens is 544 g/mol. The van der Waals surface area contributed by atoms with E-state index in [4.69, 9.17) is 14.2 Å². The highest BCUT2D eigenvalue weighted by atomic mass is 32.1. The standard InChI is InChI=1S/C31H28N2O7S/c1-5-12-38-22-9-7-8-19(16-22)25-24(26(34)20-10-11-23-21(15-20)14-17(3)40-23)27(35)29(36)33(25)31-32-18(4)28(41-31)30(37)39-13-6-2/h5-11,15-17,25,34H,1-2,12-14H2,3-4H3/b26-24+/t17-,25+/m1/s1. The van der Waals surface area contributed by atoms with E-state index in [9.17, 15) is 19.5 Å². The summed E-state index contributed by atoms with van der Waals surface area (Å²) in [6, 6.07) is 11.0. The van der Waals surface area contributed by atoms with Crippen molar-refractivity contribution < 1.29 is 33.7 Å². The maximum absolute atomic E-state index is 13.6. The Morgan fingerprint density at radius 3 is 2.73 bits per heavy atom. The molecule has 1 saturated heterocycles. The van der Waals surface area contributed by atoms with Crippen molar-refractivity contribution in [2.75, 3.05) is 18.1 Å². The lowest BCUT2D eigenvalue weighted by Gasteiger charge is -2.23. The number of Topliss-reactive ketones (excluding diaryl/α,β-unsaturated/α-hetero) is 1. The molecule has 3 heterocycles. The summed E-state index contributed by atoms with van der Waals surface area (Å²) in [5.74, 6) is -1.50. The zero-order valence-electron chi connectivity index (χ0n) is 22.6. The number of benzene rings is 2. The fourth-order valence-corrected chi connectivity index (χ4v) is 5.86. The number of fused-ring (bicyclic) bond motifs is 1. The molecule has 0 bridgehead atoms. The van der Waals surface area contributed by atoms with Crippen molar-refractivity contribution in [3.8, 4) is 11.5 Å². The molecule has 1 fully saturated rings. The Hall–Kier alpha value is -4.70. The van der Waals surface area contributed by atoms with E-state index >= 15 is 0 Å². The minimum atomic E-state index is -1.05. The quantitative estimate of drug-likeness (QED) is 0.121. The highest BCUT2D eigenvalue weighted by Gasteiger charge is 2.48. The van der Waals surface area contributed by atoms with Crippen LogP contribution in [0.3, 0.4) is 0 Å². The first-order valence-electron chi connectivity index (χ1n) is 12.9. The molecular formula is C31H28N2O7S. The molecule has 1 N–H and O–H groups in total. The topological polar surface area (TPSA) is 115 Å². The van der Waals surface area contributed by atoms with Gasteiger partial charge >= 0.3 is 11.9 Å². The molecule has 10 heteroatoms. The molecule has 41 heavy (non-hydrogen) atoms. The fraction of sp³-hybridized carbons (Fsp3) is 0.226. The molecule has 210 valence electrons. The van der Waals surface area contributed by atoms with Crippen LogP contribution in [0.4, 0.5) is 5.13 Å². The first-order chi connectivity index (χ1) is 19.7. The van der Waals surface area contributed by atoms with Gasteiger partial charge in [-0.1, -0.05) is 48.8 Å². The predicted molar refractivity (Wildman–Crippen MR) is 154 cm³/mol. The van der Waals surface area contributed by atoms with E-state index < -0.39 is 23.7 Å². The number of hydrogen-bond acceptors (Lipinski definition) is 9. The Balaban J connectivity index is 1.65. The van der Waals surface area contributed by atoms with Crippen molar-refractivity contribution in [3.63, 3.8) is 0 Å². The number of carbonyl (C=O) groups is 3. The third-order valence-corrected chi connectivity index (χ3v) is 7.80. The van der Waals surface area contributed by atoms with Gasteiger partial charge in [-0.25, -0.2) is 9.78 Å². The number of anilines is 1. The zero-order valence-corrected chi connectivity index (χ0v) is 23.4. The molecule has 1 aromatic heterocycles. The van der Waals surface area contributed by atoms with Crippen LogP contribution in [0.1, 0.15) is 45.0 Å². The molecule has 0 unspecified atom stereocenters. The number of thiazole rings is 1. The molecule has 0 radical (unpaired) electrons. The number of ether oxygens (including phenoxy) is 3. The monoisotopic (exact) mass is 572 g/mol. The SMILES string of the molecule is C=CCOC(=O)c1sc(N2C(=O)C(=O)/C(=C(/O)c3ccc4c(c3)C[C@@H](C)O4)[C@@H]2c2cccc(OCC=C)c2)nc1C. The van der Waals surface area contributed by atoms with E-state index in [1.807, 2.05) is 6.92 Å². The number of aliphatic hydroxyl groups excluding tert-OH is 1. The second-order valence-electron chi connectivity index (χ2n) is 9.59. The summed E-state index contributed by atoms with van der Waals surface area (Å²) in [7, 11) is 0. The van der Waals surface area contributed by atoms with Gasteiger partial charge in [0.1, 0.15) is 41.5 Å². The lowest BCUT2D eigenvalue weighted by molar-refractivity contribution is -0.132. The first kappa shape index (κ1) is 27.9. The summed E-state index contributed by atoms with van der Waals surface area (Å²) in [5, 5.41) is 11.7. The van der Waals surface area contributed by atoms with E-state index in [0.717, 1.165) is 16.9 Å². The summed E-state index contributed by atoms with van der Waals surface area (Å²) in [6.45, 7) is 11.0. The molecule has 5 rings (SSSR count). The fourth-order valence-electron chi connectivity index (χ4n) is 4.87. The average Bonchev–Trinajstić information content (AvgIpc) is 3.61. The summed E-state index contributed by atoms with van der Waals surface area (Å²) in [4.78, 5) is 45.7. The molecule has 3 aromatic rings. The van der Waals surface area contributed by atoms with Gasteiger partial charge < -0.3 is 19.3 Å². The lowest BCUT2D eigenvalue weighted by atomic mass is 9.94. The van der Waals surface area contributed by atoms with Gasteiger partial charge in [-0.05, 0) is 55.3 Å². The van der Waals surface area contributed by atoms with Crippen molar-refractivity contribution in [2.45, 2.75) is 32.4 Å². The van der Waals surface area contributed by atoms with Crippen molar-refractivity contribution in [3.05, 3.63) is 101 Å². The number of nitrogens with zero attached hydrogens (tertiary/aromatic N) is 2. The minimum absolute atomic E-state index is 0.00760. The number of carbonyl (C=O) groups excluding carboxylic acids is 3. The molecule has 2 aromatic carbocycles. The Labute approximate surface area is 241 Å². The van der Waals surface area contributed by atoms with E-state index in [0.29, 0.717) is 34.7 Å². The minimum Gasteiger partial charge on any atom is -0.507 e. The van der Waals surface area contributed by atoms with E-state index in [1.165, 1.54) is 11.0 Å². The molecule has 2 aliphatic rings. The van der Waals surface area contributed by atoms with Crippen LogP contribution in [-0.2, 0) is 20.7 Å². The van der Waals surface area contributed by atoms with Gasteiger partial charge in [0, 0.05) is 12.0 Å². The van der Waals surface area contributed by atoms with Crippen LogP contribution in [0.2, 0.25) is 0 Å². The van der Waals surface area contributed by atoms with Crippen molar-refractivity contribution in [1.29, 1.82) is 0 Å². The van der Waals surface area contributed by atoms with Gasteiger partial charge in [-0.15, -0.1) is 0 Å². The number of aliphatic hydroxyl groups is 1. The van der Waals surface area contributed by atoms with Crippen LogP contribution in [-0.4, -0.2) is 47.1 Å². The highest BCUT2D eigenvalue weighted by molar-refractivity contribution is 7.17. The second kappa shape index (κ2) is 11.4. The smallest absolute Gasteiger partial charge is 0.350 e. The maximum Gasteiger partial charge on any atom is 0.350 e. The van der Waals surface area contributed by atoms with Gasteiger partial charge in [0.2, 0.25) is 0 Å². The number of aromatic nitrogens is 1. The van der Waals surface area contributed by atoms with Crippen molar-refractivity contribution in [2.24, 2.45) is 0 Å². The summed E-state index contributed by atoms with van der Waals surface area (Å²) in [5.41, 5.74) is 2.02. The molecule has 2 atom stereocenters. The van der Waals surface area contributed by atoms with Crippen LogP contribution >= 0.6 is 11.3 Å². The normalized spacial score (nSPS) is 19.0. The van der Waals surface area contributed by atoms with Crippen LogP contribution in [0.25, 0.3) is 5.76 Å². The molecule has 0 saturated carbocycles. The van der Waals surface area contributed by atoms with Crippen molar-refractivity contribution >= 4 is 39.9 Å². The largest absolute Gasteiger partial charge is 0.507 e. The third-order valence-electron chi connectivity index (χ3n) is 6.66. The number of amides is 1. The van der Waals surface area contributed by atoms with Crippen molar-refractivity contribution in [1.82, 2.24) is 4.98 Å². The maximum atomic E-state index is 13.6. The van der Waals surface area contributed by atoms with Gasteiger partial charge in [0.05, 0.1) is 17.3 Å². The lowest BCUT2D eigenvalue weighted by Crippen LogP contribution is -2.29. The summed E-state index contributed by atoms with van der Waals surface area (Å²) >= 11 is 0.931. The molecule has 9 nitrogen and oxygen atoms in total. The van der Waals surface area contributed by atoms with Crippen LogP contribution in [0.15, 0.2) is 73.3 Å². The summed E-state index contributed by atoms with van der Waals surface area (Å²) < 4.78 is 16.6. The Bertz CT molecular complexity index is 1610.